The number of aromatic amines is 1. The van der Waals surface area contributed by atoms with Crippen molar-refractivity contribution in [2.75, 3.05) is 0 Å². The zero-order valence-electron chi connectivity index (χ0n) is 15.2. The summed E-state index contributed by atoms with van der Waals surface area (Å²) >= 11 is 0. The fourth-order valence-corrected chi connectivity index (χ4v) is 2.92. The highest BCUT2D eigenvalue weighted by Gasteiger charge is 2.27. The first-order valence-corrected chi connectivity index (χ1v) is 8.60. The molecule has 142 valence electrons. The normalized spacial score (nSPS) is 11.6. The van der Waals surface area contributed by atoms with E-state index in [0.717, 1.165) is 5.69 Å². The summed E-state index contributed by atoms with van der Waals surface area (Å²) < 4.78 is 0. The van der Waals surface area contributed by atoms with Crippen LogP contribution in [0.5, 0.6) is 0 Å². The van der Waals surface area contributed by atoms with Gasteiger partial charge in [0.2, 0.25) is 5.78 Å². The Morgan fingerprint density at radius 2 is 2.00 bits per heavy atom. The molecule has 8 heteroatoms. The summed E-state index contributed by atoms with van der Waals surface area (Å²) in [5.41, 5.74) is 8.18. The van der Waals surface area contributed by atoms with Crippen molar-refractivity contribution in [3.8, 4) is 11.3 Å². The molecular weight excluding hydrogens is 358 g/mol. The third-order valence-corrected chi connectivity index (χ3v) is 4.27. The second kappa shape index (κ2) is 8.26. The van der Waals surface area contributed by atoms with Gasteiger partial charge in [0.25, 0.3) is 11.8 Å². The number of aromatic nitrogens is 3. The van der Waals surface area contributed by atoms with Crippen molar-refractivity contribution >= 4 is 17.6 Å². The third kappa shape index (κ3) is 4.12. The van der Waals surface area contributed by atoms with Gasteiger partial charge in [-0.3, -0.25) is 24.4 Å². The van der Waals surface area contributed by atoms with E-state index in [0.29, 0.717) is 22.4 Å². The molecule has 3 heterocycles. The van der Waals surface area contributed by atoms with Crippen molar-refractivity contribution in [3.05, 3.63) is 71.9 Å². The maximum Gasteiger partial charge on any atom is 0.287 e. The van der Waals surface area contributed by atoms with Gasteiger partial charge < -0.3 is 16.0 Å². The first-order chi connectivity index (χ1) is 13.5. The summed E-state index contributed by atoms with van der Waals surface area (Å²) in [6, 6.07) is 7.74. The number of nitrogens with two attached hydrogens (primary N) is 1. The summed E-state index contributed by atoms with van der Waals surface area (Å²) in [6.45, 7) is 1.82. The number of nitrogens with zero attached hydrogens (tertiary/aromatic N) is 2. The molecule has 3 aromatic rings. The van der Waals surface area contributed by atoms with E-state index in [2.05, 4.69) is 20.3 Å². The zero-order chi connectivity index (χ0) is 20.1. The molecule has 0 radical (unpaired) electrons. The Kier molecular flexibility index (Phi) is 5.59. The van der Waals surface area contributed by atoms with E-state index in [1.165, 1.54) is 0 Å². The van der Waals surface area contributed by atoms with Crippen molar-refractivity contribution in [3.63, 3.8) is 0 Å². The largest absolute Gasteiger partial charge is 0.364 e. The summed E-state index contributed by atoms with van der Waals surface area (Å²) in [5.74, 6) is -2.48. The van der Waals surface area contributed by atoms with E-state index in [1.807, 2.05) is 13.0 Å². The number of nitrogens with one attached hydrogen (secondary N) is 2. The van der Waals surface area contributed by atoms with Crippen LogP contribution in [0, 0.1) is 6.92 Å². The molecule has 0 aliphatic rings. The lowest BCUT2D eigenvalue weighted by atomic mass is 10.0. The van der Waals surface area contributed by atoms with Gasteiger partial charge >= 0.3 is 0 Å². The van der Waals surface area contributed by atoms with Gasteiger partial charge in [0, 0.05) is 42.5 Å². The van der Waals surface area contributed by atoms with Crippen LogP contribution in [0.1, 0.15) is 21.6 Å². The topological polar surface area (TPSA) is 131 Å². The molecule has 2 amide bonds. The minimum atomic E-state index is -1.11. The Bertz CT molecular complexity index is 999. The lowest BCUT2D eigenvalue weighted by molar-refractivity contribution is -0.137. The summed E-state index contributed by atoms with van der Waals surface area (Å²) in [7, 11) is 0. The molecule has 3 rings (SSSR count). The van der Waals surface area contributed by atoms with E-state index in [9.17, 15) is 14.4 Å². The molecule has 0 aliphatic carbocycles. The molecule has 28 heavy (non-hydrogen) atoms. The number of H-pyrrole nitrogens is 1. The molecule has 0 aromatic carbocycles. The Balaban J connectivity index is 1.89. The predicted molar refractivity (Wildman–Crippen MR) is 102 cm³/mol. The molecule has 4 N–H and O–H groups in total. The molecule has 8 nitrogen and oxygen atoms in total. The number of aryl methyl sites for hydroxylation is 1. The van der Waals surface area contributed by atoms with Crippen LogP contribution in [-0.2, 0) is 16.0 Å². The maximum absolute atomic E-state index is 12.9. The van der Waals surface area contributed by atoms with Crippen molar-refractivity contribution in [2.45, 2.75) is 19.4 Å². The smallest absolute Gasteiger partial charge is 0.287 e. The second-order valence-electron chi connectivity index (χ2n) is 6.24. The number of hydrogen-bond acceptors (Lipinski definition) is 5. The summed E-state index contributed by atoms with van der Waals surface area (Å²) in [5, 5.41) is 2.62. The van der Waals surface area contributed by atoms with Crippen molar-refractivity contribution in [1.29, 1.82) is 0 Å². The Morgan fingerprint density at radius 3 is 2.64 bits per heavy atom. The van der Waals surface area contributed by atoms with Crippen LogP contribution < -0.4 is 11.1 Å². The van der Waals surface area contributed by atoms with E-state index in [-0.39, 0.29) is 6.42 Å². The highest BCUT2D eigenvalue weighted by Crippen LogP contribution is 2.25. The number of primary amides is 1. The van der Waals surface area contributed by atoms with Crippen LogP contribution in [-0.4, -0.2) is 38.6 Å². The van der Waals surface area contributed by atoms with Crippen LogP contribution in [0.3, 0.4) is 0 Å². The van der Waals surface area contributed by atoms with Gasteiger partial charge in [0.1, 0.15) is 6.04 Å². The lowest BCUT2D eigenvalue weighted by Gasteiger charge is -2.16. The number of amides is 2. The predicted octanol–water partition coefficient (Wildman–Crippen LogP) is 1.18. The molecule has 0 fully saturated rings. The minimum Gasteiger partial charge on any atom is -0.364 e. The van der Waals surface area contributed by atoms with Crippen LogP contribution in [0.15, 0.2) is 55.1 Å². The first kappa shape index (κ1) is 19.0. The number of pyridine rings is 2. The number of ketones is 1. The molecule has 3 aromatic heterocycles. The number of carbonyl (C=O) groups excluding carboxylic acids is 3. The number of carbonyl (C=O) groups is 3. The Morgan fingerprint density at radius 1 is 1.18 bits per heavy atom. The Labute approximate surface area is 161 Å². The monoisotopic (exact) mass is 377 g/mol. The van der Waals surface area contributed by atoms with Gasteiger partial charge in [-0.05, 0) is 30.7 Å². The van der Waals surface area contributed by atoms with E-state index in [4.69, 9.17) is 5.73 Å². The van der Waals surface area contributed by atoms with Gasteiger partial charge in [-0.1, -0.05) is 12.1 Å². The van der Waals surface area contributed by atoms with Gasteiger partial charge in [0.05, 0.1) is 11.3 Å². The van der Waals surface area contributed by atoms with Crippen molar-refractivity contribution in [1.82, 2.24) is 20.3 Å². The number of hydrogen-bond donors (Lipinski definition) is 3. The molecule has 0 saturated carbocycles. The molecule has 0 aliphatic heterocycles. The number of Topliss-reactive ketones (excluding diaryl/α,β-unsaturated/α-hetero) is 1. The highest BCUT2D eigenvalue weighted by atomic mass is 16.2. The van der Waals surface area contributed by atoms with Crippen LogP contribution in [0.25, 0.3) is 11.3 Å². The Hall–Kier alpha value is -3.81. The second-order valence-corrected chi connectivity index (χ2v) is 6.24. The average Bonchev–Trinajstić information content (AvgIpc) is 3.09. The summed E-state index contributed by atoms with van der Waals surface area (Å²) in [6.07, 6.45) is 6.43. The third-order valence-electron chi connectivity index (χ3n) is 4.27. The van der Waals surface area contributed by atoms with Gasteiger partial charge in [-0.2, -0.15) is 0 Å². The van der Waals surface area contributed by atoms with Crippen molar-refractivity contribution < 1.29 is 14.4 Å². The fourth-order valence-electron chi connectivity index (χ4n) is 2.92. The van der Waals surface area contributed by atoms with Crippen LogP contribution in [0.2, 0.25) is 0 Å². The fraction of sp³-hybridized carbons (Fsp3) is 0.150. The SMILES string of the molecule is Cc1[nH]cc(C(=O)NC(Cc2cccnc2)C(=O)C(N)=O)c1-c1ccccn1. The lowest BCUT2D eigenvalue weighted by Crippen LogP contribution is -2.47. The molecule has 1 atom stereocenters. The highest BCUT2D eigenvalue weighted by molar-refractivity contribution is 6.38. The molecule has 1 unspecified atom stereocenters. The molecule has 0 bridgehead atoms. The quantitative estimate of drug-likeness (QED) is 0.532. The minimum absolute atomic E-state index is 0.101. The van der Waals surface area contributed by atoms with Crippen molar-refractivity contribution in [2.24, 2.45) is 5.73 Å². The summed E-state index contributed by atoms with van der Waals surface area (Å²) in [4.78, 5) is 47.8. The molecule has 0 spiro atoms. The van der Waals surface area contributed by atoms with E-state index in [1.54, 1.807) is 49.1 Å². The van der Waals surface area contributed by atoms with Gasteiger partial charge in [-0.25, -0.2) is 0 Å². The zero-order valence-corrected chi connectivity index (χ0v) is 15.2. The van der Waals surface area contributed by atoms with Gasteiger partial charge in [0.15, 0.2) is 0 Å². The maximum atomic E-state index is 12.9. The van der Waals surface area contributed by atoms with Crippen LogP contribution >= 0.6 is 0 Å². The first-order valence-electron chi connectivity index (χ1n) is 8.60. The van der Waals surface area contributed by atoms with Gasteiger partial charge in [-0.15, -0.1) is 0 Å². The standard InChI is InChI=1S/C20H19N5O3/c1-12-17(15-6-2-3-8-23-15)14(11-24-12)20(28)25-16(18(26)19(21)27)9-13-5-4-7-22-10-13/h2-8,10-11,16,24H,9H2,1H3,(H2,21,27)(H,25,28). The average molecular weight is 377 g/mol. The number of rotatable bonds is 7. The van der Waals surface area contributed by atoms with E-state index >= 15 is 0 Å². The molecule has 0 saturated heterocycles. The van der Waals surface area contributed by atoms with Crippen LogP contribution in [0.4, 0.5) is 0 Å². The van der Waals surface area contributed by atoms with E-state index < -0.39 is 23.6 Å². The molecular formula is C20H19N5O3.